The van der Waals surface area contributed by atoms with E-state index in [1.54, 1.807) is 12.4 Å². The van der Waals surface area contributed by atoms with Crippen molar-refractivity contribution in [3.63, 3.8) is 0 Å². The van der Waals surface area contributed by atoms with Gasteiger partial charge in [0.15, 0.2) is 5.75 Å². The number of nitrogens with zero attached hydrogens (tertiary/aromatic N) is 1. The normalized spacial score (nSPS) is 13.9. The predicted octanol–water partition coefficient (Wildman–Crippen LogP) is 5.29. The van der Waals surface area contributed by atoms with Crippen molar-refractivity contribution in [2.24, 2.45) is 0 Å². The van der Waals surface area contributed by atoms with Gasteiger partial charge < -0.3 is 15.4 Å². The standard InChI is InChI=1S/C23H23N3O2/c27-23(26-18-8-4-5-9-18)17-14-19(16-24-15-17)25-21-12-6-7-13-22(21)28-20-10-2-1-3-11-20/h1-3,6-7,10-16,18,25H,4-5,8-9H2,(H,26,27). The van der Waals surface area contributed by atoms with Gasteiger partial charge in [0.05, 0.1) is 23.1 Å². The second-order valence-electron chi connectivity index (χ2n) is 6.95. The Hall–Kier alpha value is -3.34. The van der Waals surface area contributed by atoms with Crippen molar-refractivity contribution in [1.82, 2.24) is 10.3 Å². The molecule has 5 heteroatoms. The molecule has 0 spiro atoms. The lowest BCUT2D eigenvalue weighted by Gasteiger charge is -2.14. The Morgan fingerprint density at radius 2 is 1.71 bits per heavy atom. The van der Waals surface area contributed by atoms with Gasteiger partial charge in [0, 0.05) is 12.2 Å². The summed E-state index contributed by atoms with van der Waals surface area (Å²) in [6, 6.07) is 19.4. The average molecular weight is 373 g/mol. The summed E-state index contributed by atoms with van der Waals surface area (Å²) in [5, 5.41) is 6.41. The maximum atomic E-state index is 12.5. The van der Waals surface area contributed by atoms with Gasteiger partial charge in [-0.1, -0.05) is 43.2 Å². The minimum absolute atomic E-state index is 0.0723. The van der Waals surface area contributed by atoms with Gasteiger partial charge in [-0.3, -0.25) is 9.78 Å². The van der Waals surface area contributed by atoms with E-state index in [1.165, 1.54) is 12.8 Å². The Labute approximate surface area is 164 Å². The third-order valence-corrected chi connectivity index (χ3v) is 4.83. The van der Waals surface area contributed by atoms with E-state index >= 15 is 0 Å². The van der Waals surface area contributed by atoms with Crippen LogP contribution in [0.25, 0.3) is 0 Å². The van der Waals surface area contributed by atoms with Crippen LogP contribution in [0.1, 0.15) is 36.0 Å². The highest BCUT2D eigenvalue weighted by atomic mass is 16.5. The van der Waals surface area contributed by atoms with E-state index in [-0.39, 0.29) is 11.9 Å². The van der Waals surface area contributed by atoms with E-state index in [0.717, 1.165) is 30.0 Å². The Kier molecular flexibility index (Phi) is 5.52. The molecule has 5 nitrogen and oxygen atoms in total. The second kappa shape index (κ2) is 8.57. The maximum Gasteiger partial charge on any atom is 0.253 e. The number of anilines is 2. The largest absolute Gasteiger partial charge is 0.455 e. The summed E-state index contributed by atoms with van der Waals surface area (Å²) in [5.74, 6) is 1.39. The van der Waals surface area contributed by atoms with Crippen molar-refractivity contribution in [3.8, 4) is 11.5 Å². The number of benzene rings is 2. The number of carbonyl (C=O) groups is 1. The van der Waals surface area contributed by atoms with E-state index in [9.17, 15) is 4.79 Å². The number of hydrogen-bond donors (Lipinski definition) is 2. The molecule has 0 unspecified atom stereocenters. The number of hydrogen-bond acceptors (Lipinski definition) is 4. The second-order valence-corrected chi connectivity index (χ2v) is 6.95. The lowest BCUT2D eigenvalue weighted by Crippen LogP contribution is -2.32. The highest BCUT2D eigenvalue weighted by molar-refractivity contribution is 5.95. The third kappa shape index (κ3) is 4.49. The molecule has 2 N–H and O–H groups in total. The molecule has 142 valence electrons. The van der Waals surface area contributed by atoms with Crippen LogP contribution in [0.4, 0.5) is 11.4 Å². The molecule has 1 aromatic heterocycles. The maximum absolute atomic E-state index is 12.5. The monoisotopic (exact) mass is 373 g/mol. The van der Waals surface area contributed by atoms with Crippen LogP contribution >= 0.6 is 0 Å². The number of para-hydroxylation sites is 3. The smallest absolute Gasteiger partial charge is 0.253 e. The van der Waals surface area contributed by atoms with E-state index in [2.05, 4.69) is 15.6 Å². The molecular weight excluding hydrogens is 350 g/mol. The Morgan fingerprint density at radius 3 is 2.54 bits per heavy atom. The quantitative estimate of drug-likeness (QED) is 0.616. The van der Waals surface area contributed by atoms with Crippen molar-refractivity contribution < 1.29 is 9.53 Å². The molecule has 28 heavy (non-hydrogen) atoms. The SMILES string of the molecule is O=C(NC1CCCC1)c1cncc(Nc2ccccc2Oc2ccccc2)c1. The molecule has 0 atom stereocenters. The molecule has 3 aromatic rings. The van der Waals surface area contributed by atoms with Gasteiger partial charge in [-0.05, 0) is 43.2 Å². The van der Waals surface area contributed by atoms with Crippen LogP contribution in [0.3, 0.4) is 0 Å². The first-order valence-corrected chi connectivity index (χ1v) is 9.63. The summed E-state index contributed by atoms with van der Waals surface area (Å²) >= 11 is 0. The number of nitrogens with one attached hydrogen (secondary N) is 2. The minimum atomic E-state index is -0.0723. The Balaban J connectivity index is 1.49. The molecule has 4 rings (SSSR count). The third-order valence-electron chi connectivity index (χ3n) is 4.83. The van der Waals surface area contributed by atoms with Gasteiger partial charge in [-0.2, -0.15) is 0 Å². The highest BCUT2D eigenvalue weighted by Crippen LogP contribution is 2.31. The molecule has 1 saturated carbocycles. The van der Waals surface area contributed by atoms with E-state index in [4.69, 9.17) is 4.74 Å². The van der Waals surface area contributed by atoms with Gasteiger partial charge in [0.1, 0.15) is 5.75 Å². The number of ether oxygens (including phenoxy) is 1. The summed E-state index contributed by atoms with van der Waals surface area (Å²) in [6.45, 7) is 0. The zero-order valence-corrected chi connectivity index (χ0v) is 15.6. The van der Waals surface area contributed by atoms with Crippen molar-refractivity contribution in [2.75, 3.05) is 5.32 Å². The van der Waals surface area contributed by atoms with Crippen molar-refractivity contribution in [3.05, 3.63) is 78.6 Å². The first-order valence-electron chi connectivity index (χ1n) is 9.63. The van der Waals surface area contributed by atoms with Gasteiger partial charge in [0.25, 0.3) is 5.91 Å². The van der Waals surface area contributed by atoms with E-state index in [1.807, 2.05) is 60.7 Å². The van der Waals surface area contributed by atoms with Crippen molar-refractivity contribution in [1.29, 1.82) is 0 Å². The molecule has 1 heterocycles. The van der Waals surface area contributed by atoms with Crippen molar-refractivity contribution in [2.45, 2.75) is 31.7 Å². The van der Waals surface area contributed by atoms with Crippen molar-refractivity contribution >= 4 is 17.3 Å². The highest BCUT2D eigenvalue weighted by Gasteiger charge is 2.18. The van der Waals surface area contributed by atoms with E-state index < -0.39 is 0 Å². The summed E-state index contributed by atoms with van der Waals surface area (Å²) in [5.41, 5.74) is 2.10. The summed E-state index contributed by atoms with van der Waals surface area (Å²) in [4.78, 5) is 16.7. The topological polar surface area (TPSA) is 63.2 Å². The molecule has 2 aromatic carbocycles. The molecule has 1 fully saturated rings. The summed E-state index contributed by atoms with van der Waals surface area (Å²) in [7, 11) is 0. The first kappa shape index (κ1) is 18.0. The van der Waals surface area contributed by atoms with Gasteiger partial charge in [-0.25, -0.2) is 0 Å². The molecule has 1 aliphatic rings. The van der Waals surface area contributed by atoms with Crippen LogP contribution < -0.4 is 15.4 Å². The fraction of sp³-hybridized carbons (Fsp3) is 0.217. The lowest BCUT2D eigenvalue weighted by atomic mass is 10.2. The minimum Gasteiger partial charge on any atom is -0.455 e. The van der Waals surface area contributed by atoms with Crippen LogP contribution in [-0.2, 0) is 0 Å². The van der Waals surface area contributed by atoms with Crippen LogP contribution in [0, 0.1) is 0 Å². The number of pyridine rings is 1. The predicted molar refractivity (Wildman–Crippen MR) is 110 cm³/mol. The van der Waals surface area contributed by atoms with Crippen LogP contribution in [0.5, 0.6) is 11.5 Å². The average Bonchev–Trinajstić information content (AvgIpc) is 3.23. The van der Waals surface area contributed by atoms with Gasteiger partial charge in [-0.15, -0.1) is 0 Å². The molecule has 0 bridgehead atoms. The Morgan fingerprint density at radius 1 is 0.964 bits per heavy atom. The van der Waals surface area contributed by atoms with Crippen LogP contribution in [0.2, 0.25) is 0 Å². The zero-order valence-electron chi connectivity index (χ0n) is 15.6. The van der Waals surface area contributed by atoms with Crippen LogP contribution in [-0.4, -0.2) is 16.9 Å². The summed E-state index contributed by atoms with van der Waals surface area (Å²) in [6.07, 6.45) is 7.78. The summed E-state index contributed by atoms with van der Waals surface area (Å²) < 4.78 is 5.99. The number of aromatic nitrogens is 1. The molecule has 1 amide bonds. The molecule has 0 aliphatic heterocycles. The fourth-order valence-electron chi connectivity index (χ4n) is 3.40. The first-order chi connectivity index (χ1) is 13.8. The molecular formula is C23H23N3O2. The molecule has 0 radical (unpaired) electrons. The van der Waals surface area contributed by atoms with Crippen LogP contribution in [0.15, 0.2) is 73.1 Å². The fourth-order valence-corrected chi connectivity index (χ4v) is 3.40. The van der Waals surface area contributed by atoms with Gasteiger partial charge in [0.2, 0.25) is 0 Å². The number of carbonyl (C=O) groups excluding carboxylic acids is 1. The molecule has 1 aliphatic carbocycles. The zero-order chi connectivity index (χ0) is 19.2. The Bertz CT molecular complexity index is 937. The van der Waals surface area contributed by atoms with Gasteiger partial charge >= 0.3 is 0 Å². The number of amides is 1. The lowest BCUT2D eigenvalue weighted by molar-refractivity contribution is 0.0937. The van der Waals surface area contributed by atoms with E-state index in [0.29, 0.717) is 11.3 Å². The number of rotatable bonds is 6. The molecule has 0 saturated heterocycles.